The highest BCUT2D eigenvalue weighted by atomic mass is 35.5. The highest BCUT2D eigenvalue weighted by Gasteiger charge is 2.01. The largest absolute Gasteiger partial charge is 0.450 e. The number of amides is 3. The third kappa shape index (κ3) is 6.84. The minimum atomic E-state index is -0.490. The maximum atomic E-state index is 11.5. The molecule has 1 aromatic rings. The lowest BCUT2D eigenvalue weighted by Crippen LogP contribution is -2.40. The van der Waals surface area contributed by atoms with Gasteiger partial charge in [0.2, 0.25) is 0 Å². The van der Waals surface area contributed by atoms with E-state index in [0.717, 1.165) is 5.56 Å². The number of urea groups is 1. The minimum absolute atomic E-state index is 0.300. The van der Waals surface area contributed by atoms with Crippen molar-refractivity contribution in [3.8, 4) is 0 Å². The van der Waals surface area contributed by atoms with E-state index in [1.54, 1.807) is 19.1 Å². The maximum absolute atomic E-state index is 11.5. The van der Waals surface area contributed by atoms with Crippen molar-refractivity contribution in [3.63, 3.8) is 0 Å². The Morgan fingerprint density at radius 1 is 1.10 bits per heavy atom. The predicted molar refractivity (Wildman–Crippen MR) is 76.7 cm³/mol. The Morgan fingerprint density at radius 3 is 2.40 bits per heavy atom. The first-order valence-corrected chi connectivity index (χ1v) is 6.66. The van der Waals surface area contributed by atoms with E-state index in [0.29, 0.717) is 31.3 Å². The number of nitrogens with one attached hydrogen (secondary N) is 3. The highest BCUT2D eigenvalue weighted by molar-refractivity contribution is 6.30. The number of benzene rings is 1. The summed E-state index contributed by atoms with van der Waals surface area (Å²) in [5.74, 6) is 0. The van der Waals surface area contributed by atoms with Crippen LogP contribution in [0.15, 0.2) is 24.3 Å². The van der Waals surface area contributed by atoms with Gasteiger partial charge >= 0.3 is 12.1 Å². The summed E-state index contributed by atoms with van der Waals surface area (Å²) >= 11 is 5.76. The molecule has 1 rings (SSSR count). The quantitative estimate of drug-likeness (QED) is 0.702. The Hall–Kier alpha value is -1.95. The van der Waals surface area contributed by atoms with E-state index in [2.05, 4.69) is 20.7 Å². The second-order valence-electron chi connectivity index (χ2n) is 3.88. The molecule has 0 atom stereocenters. The third-order valence-corrected chi connectivity index (χ3v) is 2.57. The molecule has 110 valence electrons. The summed E-state index contributed by atoms with van der Waals surface area (Å²) < 4.78 is 4.67. The van der Waals surface area contributed by atoms with Gasteiger partial charge < -0.3 is 20.7 Å². The van der Waals surface area contributed by atoms with Crippen LogP contribution in [0.1, 0.15) is 12.5 Å². The predicted octanol–water partition coefficient (Wildman–Crippen LogP) is 1.89. The molecule has 0 fully saturated rings. The van der Waals surface area contributed by atoms with Crippen LogP contribution in [0.4, 0.5) is 9.59 Å². The van der Waals surface area contributed by atoms with Gasteiger partial charge in [-0.1, -0.05) is 23.7 Å². The van der Waals surface area contributed by atoms with Crippen molar-refractivity contribution in [2.24, 2.45) is 0 Å². The average molecular weight is 300 g/mol. The Bertz CT molecular complexity index is 437. The molecule has 0 aromatic heterocycles. The monoisotopic (exact) mass is 299 g/mol. The van der Waals surface area contributed by atoms with Gasteiger partial charge in [-0.3, -0.25) is 0 Å². The molecule has 3 amide bonds. The van der Waals surface area contributed by atoms with Gasteiger partial charge in [0.1, 0.15) is 0 Å². The van der Waals surface area contributed by atoms with Gasteiger partial charge in [0.05, 0.1) is 6.61 Å². The molecule has 0 radical (unpaired) electrons. The van der Waals surface area contributed by atoms with Crippen molar-refractivity contribution in [1.82, 2.24) is 16.0 Å². The summed E-state index contributed by atoms with van der Waals surface area (Å²) in [7, 11) is 0. The molecule has 0 aliphatic carbocycles. The summed E-state index contributed by atoms with van der Waals surface area (Å²) in [6.45, 7) is 3.09. The third-order valence-electron chi connectivity index (χ3n) is 2.32. The van der Waals surface area contributed by atoms with Crippen LogP contribution in [-0.2, 0) is 11.3 Å². The lowest BCUT2D eigenvalue weighted by atomic mass is 10.2. The summed E-state index contributed by atoms with van der Waals surface area (Å²) in [4.78, 5) is 22.4. The van der Waals surface area contributed by atoms with Crippen LogP contribution in [0.3, 0.4) is 0 Å². The van der Waals surface area contributed by atoms with E-state index in [-0.39, 0.29) is 6.03 Å². The van der Waals surface area contributed by atoms with Gasteiger partial charge in [0, 0.05) is 24.7 Å². The van der Waals surface area contributed by atoms with Crippen molar-refractivity contribution in [1.29, 1.82) is 0 Å². The first kappa shape index (κ1) is 16.1. The molecule has 7 heteroatoms. The lowest BCUT2D eigenvalue weighted by Gasteiger charge is -2.08. The van der Waals surface area contributed by atoms with E-state index in [1.807, 2.05) is 12.1 Å². The molecule has 0 spiro atoms. The number of halogens is 1. The first-order chi connectivity index (χ1) is 9.61. The second kappa shape index (κ2) is 9.03. The smallest absolute Gasteiger partial charge is 0.407 e. The van der Waals surface area contributed by atoms with Crippen LogP contribution >= 0.6 is 11.6 Å². The van der Waals surface area contributed by atoms with E-state index >= 15 is 0 Å². The van der Waals surface area contributed by atoms with Crippen molar-refractivity contribution >= 4 is 23.7 Å². The Labute approximate surface area is 122 Å². The number of hydrogen-bond acceptors (Lipinski definition) is 3. The van der Waals surface area contributed by atoms with E-state index < -0.39 is 6.09 Å². The summed E-state index contributed by atoms with van der Waals surface area (Å²) in [6.07, 6.45) is -0.490. The van der Waals surface area contributed by atoms with Gasteiger partial charge in [-0.15, -0.1) is 0 Å². The molecule has 0 aliphatic heterocycles. The van der Waals surface area contributed by atoms with E-state index in [4.69, 9.17) is 11.6 Å². The van der Waals surface area contributed by atoms with Crippen LogP contribution in [0.5, 0.6) is 0 Å². The molecular weight excluding hydrogens is 282 g/mol. The fourth-order valence-electron chi connectivity index (χ4n) is 1.37. The lowest BCUT2D eigenvalue weighted by molar-refractivity contribution is 0.152. The molecular formula is C13H18ClN3O3. The van der Waals surface area contributed by atoms with Crippen LogP contribution in [0, 0.1) is 0 Å². The van der Waals surface area contributed by atoms with Crippen molar-refractivity contribution < 1.29 is 14.3 Å². The number of carbonyl (C=O) groups is 2. The van der Waals surface area contributed by atoms with Crippen molar-refractivity contribution in [2.75, 3.05) is 19.7 Å². The van der Waals surface area contributed by atoms with E-state index in [9.17, 15) is 9.59 Å². The van der Waals surface area contributed by atoms with Gasteiger partial charge in [-0.2, -0.15) is 0 Å². The molecule has 6 nitrogen and oxygen atoms in total. The summed E-state index contributed by atoms with van der Waals surface area (Å²) in [6, 6.07) is 6.90. The SMILES string of the molecule is CCOC(=O)NCCNC(=O)NCc1ccc(Cl)cc1. The second-order valence-corrected chi connectivity index (χ2v) is 4.32. The van der Waals surface area contributed by atoms with Crippen LogP contribution < -0.4 is 16.0 Å². The molecule has 1 aromatic carbocycles. The number of rotatable bonds is 6. The van der Waals surface area contributed by atoms with Crippen LogP contribution in [0.25, 0.3) is 0 Å². The number of hydrogen-bond donors (Lipinski definition) is 3. The van der Waals surface area contributed by atoms with Gasteiger partial charge in [0.15, 0.2) is 0 Å². The van der Waals surface area contributed by atoms with Crippen LogP contribution in [0.2, 0.25) is 5.02 Å². The zero-order valence-electron chi connectivity index (χ0n) is 11.2. The molecule has 0 heterocycles. The molecule has 0 unspecified atom stereocenters. The molecule has 0 bridgehead atoms. The Balaban J connectivity index is 2.11. The van der Waals surface area contributed by atoms with Gasteiger partial charge in [0.25, 0.3) is 0 Å². The fraction of sp³-hybridized carbons (Fsp3) is 0.385. The van der Waals surface area contributed by atoms with Crippen molar-refractivity contribution in [3.05, 3.63) is 34.9 Å². The zero-order valence-corrected chi connectivity index (χ0v) is 12.0. The average Bonchev–Trinajstić information content (AvgIpc) is 2.43. The number of alkyl carbamates (subject to hydrolysis) is 1. The normalized spacial score (nSPS) is 9.70. The molecule has 0 saturated heterocycles. The molecule has 0 aliphatic rings. The van der Waals surface area contributed by atoms with Gasteiger partial charge in [-0.05, 0) is 24.6 Å². The Kier molecular flexibility index (Phi) is 7.27. The maximum Gasteiger partial charge on any atom is 0.407 e. The minimum Gasteiger partial charge on any atom is -0.450 e. The summed E-state index contributed by atoms with van der Waals surface area (Å²) in [5.41, 5.74) is 0.953. The van der Waals surface area contributed by atoms with Crippen LogP contribution in [-0.4, -0.2) is 31.8 Å². The number of ether oxygens (including phenoxy) is 1. The van der Waals surface area contributed by atoms with Crippen molar-refractivity contribution in [2.45, 2.75) is 13.5 Å². The fourth-order valence-corrected chi connectivity index (χ4v) is 1.50. The molecule has 0 saturated carbocycles. The number of carbonyl (C=O) groups excluding carboxylic acids is 2. The molecule has 20 heavy (non-hydrogen) atoms. The standard InChI is InChI=1S/C13H18ClN3O3/c1-2-20-13(19)16-8-7-15-12(18)17-9-10-3-5-11(14)6-4-10/h3-6H,2,7-9H2,1H3,(H,16,19)(H2,15,17,18). The van der Waals surface area contributed by atoms with Gasteiger partial charge in [-0.25, -0.2) is 9.59 Å². The van der Waals surface area contributed by atoms with E-state index in [1.165, 1.54) is 0 Å². The topological polar surface area (TPSA) is 79.5 Å². The highest BCUT2D eigenvalue weighted by Crippen LogP contribution is 2.08. The first-order valence-electron chi connectivity index (χ1n) is 6.28. The Morgan fingerprint density at radius 2 is 1.75 bits per heavy atom. The molecule has 3 N–H and O–H groups in total. The zero-order chi connectivity index (χ0) is 14.8. The summed E-state index contributed by atoms with van der Waals surface area (Å²) in [5, 5.41) is 8.47.